The number of nitrogens with zero attached hydrogens (tertiary/aromatic N) is 1. The van der Waals surface area contributed by atoms with Crippen LogP contribution in [0.5, 0.6) is 0 Å². The third-order valence-electron chi connectivity index (χ3n) is 4.58. The number of piperidine rings is 1. The molecule has 2 aliphatic rings. The first-order valence-corrected chi connectivity index (χ1v) is 8.00. The Kier molecular flexibility index (Phi) is 4.45. The van der Waals surface area contributed by atoms with Gasteiger partial charge in [-0.05, 0) is 56.3 Å². The van der Waals surface area contributed by atoms with Crippen molar-refractivity contribution in [1.82, 2.24) is 10.2 Å². The van der Waals surface area contributed by atoms with Crippen molar-refractivity contribution in [2.24, 2.45) is 5.92 Å². The van der Waals surface area contributed by atoms with E-state index in [1.807, 2.05) is 4.90 Å². The van der Waals surface area contributed by atoms with Crippen molar-refractivity contribution in [3.63, 3.8) is 0 Å². The van der Waals surface area contributed by atoms with Crippen LogP contribution in [-0.2, 0) is 0 Å². The summed E-state index contributed by atoms with van der Waals surface area (Å²) < 4.78 is 13.2. The second kappa shape index (κ2) is 6.32. The lowest BCUT2D eigenvalue weighted by atomic mass is 9.89. The number of carbonyl (C=O) groups is 1. The number of benzene rings is 1. The molecule has 2 atom stereocenters. The first kappa shape index (κ1) is 14.8. The number of nitrogens with one attached hydrogen (secondary N) is 1. The molecule has 2 aliphatic heterocycles. The minimum absolute atomic E-state index is 0.00636. The van der Waals surface area contributed by atoms with Crippen LogP contribution in [0, 0.1) is 11.7 Å². The van der Waals surface area contributed by atoms with Crippen LogP contribution in [0.3, 0.4) is 0 Å². The van der Waals surface area contributed by atoms with Crippen molar-refractivity contribution in [1.29, 1.82) is 0 Å². The second-order valence-corrected chi connectivity index (χ2v) is 6.39. The molecule has 0 bridgehead atoms. The Bertz CT molecular complexity index is 531. The van der Waals surface area contributed by atoms with Crippen molar-refractivity contribution in [3.8, 4) is 0 Å². The molecule has 2 saturated heterocycles. The molecule has 114 valence electrons. The Morgan fingerprint density at radius 1 is 1.33 bits per heavy atom. The maximum atomic E-state index is 13.2. The van der Waals surface area contributed by atoms with E-state index in [0.29, 0.717) is 17.5 Å². The predicted molar refractivity (Wildman–Crippen MR) is 81.1 cm³/mol. The Balaban J connectivity index is 1.70. The topological polar surface area (TPSA) is 32.3 Å². The Hall–Kier alpha value is -1.13. The molecule has 21 heavy (non-hydrogen) atoms. The molecule has 2 heterocycles. The lowest BCUT2D eigenvalue weighted by Gasteiger charge is -2.36. The number of carbonyl (C=O) groups excluding carboxylic acids is 1. The summed E-state index contributed by atoms with van der Waals surface area (Å²) >= 11 is 5.77. The maximum absolute atomic E-state index is 13.2. The minimum atomic E-state index is -0.486. The van der Waals surface area contributed by atoms with E-state index in [0.717, 1.165) is 26.1 Å². The van der Waals surface area contributed by atoms with E-state index in [1.165, 1.54) is 37.5 Å². The molecule has 5 heteroatoms. The first-order valence-electron chi connectivity index (χ1n) is 7.63. The Labute approximate surface area is 129 Å². The molecular formula is C16H20ClFN2O. The van der Waals surface area contributed by atoms with Crippen molar-refractivity contribution in [2.45, 2.75) is 31.7 Å². The zero-order chi connectivity index (χ0) is 14.8. The molecule has 1 N–H and O–H groups in total. The number of halogens is 2. The standard InChI is InChI=1S/C16H20ClFN2O/c17-13-9-11(5-6-14(13)18)16(21)20-8-2-3-12(10-20)15-4-1-7-19-15/h5-6,9,12,15,19H,1-4,7-8,10H2. The summed E-state index contributed by atoms with van der Waals surface area (Å²) in [6.07, 6.45) is 4.63. The third-order valence-corrected chi connectivity index (χ3v) is 4.87. The van der Waals surface area contributed by atoms with Crippen LogP contribution >= 0.6 is 11.6 Å². The smallest absolute Gasteiger partial charge is 0.253 e. The molecule has 0 radical (unpaired) electrons. The largest absolute Gasteiger partial charge is 0.338 e. The van der Waals surface area contributed by atoms with Gasteiger partial charge < -0.3 is 10.2 Å². The van der Waals surface area contributed by atoms with Gasteiger partial charge in [-0.15, -0.1) is 0 Å². The lowest BCUT2D eigenvalue weighted by molar-refractivity contribution is 0.0651. The van der Waals surface area contributed by atoms with Gasteiger partial charge >= 0.3 is 0 Å². The van der Waals surface area contributed by atoms with Crippen molar-refractivity contribution in [3.05, 3.63) is 34.6 Å². The van der Waals surface area contributed by atoms with E-state index in [4.69, 9.17) is 11.6 Å². The van der Waals surface area contributed by atoms with E-state index in [2.05, 4.69) is 5.32 Å². The summed E-state index contributed by atoms with van der Waals surface area (Å²) in [5.74, 6) is 0.000565. The summed E-state index contributed by atoms with van der Waals surface area (Å²) in [5, 5.41) is 3.54. The zero-order valence-electron chi connectivity index (χ0n) is 11.9. The fraction of sp³-hybridized carbons (Fsp3) is 0.562. The number of hydrogen-bond acceptors (Lipinski definition) is 2. The summed E-state index contributed by atoms with van der Waals surface area (Å²) in [7, 11) is 0. The highest BCUT2D eigenvalue weighted by Gasteiger charge is 2.31. The molecule has 2 fully saturated rings. The van der Waals surface area contributed by atoms with Gasteiger partial charge in [-0.25, -0.2) is 4.39 Å². The summed E-state index contributed by atoms with van der Waals surface area (Å²) in [5.41, 5.74) is 0.474. The molecule has 0 aliphatic carbocycles. The van der Waals surface area contributed by atoms with E-state index in [1.54, 1.807) is 0 Å². The van der Waals surface area contributed by atoms with Crippen molar-refractivity contribution in [2.75, 3.05) is 19.6 Å². The summed E-state index contributed by atoms with van der Waals surface area (Å²) in [4.78, 5) is 14.4. The average molecular weight is 311 g/mol. The Morgan fingerprint density at radius 3 is 2.90 bits per heavy atom. The average Bonchev–Trinajstić information content (AvgIpc) is 3.04. The van der Waals surface area contributed by atoms with Gasteiger partial charge in [0.2, 0.25) is 0 Å². The van der Waals surface area contributed by atoms with Crippen LogP contribution < -0.4 is 5.32 Å². The number of rotatable bonds is 2. The third kappa shape index (κ3) is 3.22. The highest BCUT2D eigenvalue weighted by atomic mass is 35.5. The van der Waals surface area contributed by atoms with Gasteiger partial charge in [-0.3, -0.25) is 4.79 Å². The molecule has 1 aromatic carbocycles. The van der Waals surface area contributed by atoms with Crippen molar-refractivity contribution < 1.29 is 9.18 Å². The van der Waals surface area contributed by atoms with E-state index < -0.39 is 5.82 Å². The van der Waals surface area contributed by atoms with E-state index >= 15 is 0 Å². The fourth-order valence-electron chi connectivity index (χ4n) is 3.45. The first-order chi connectivity index (χ1) is 10.1. The fourth-order valence-corrected chi connectivity index (χ4v) is 3.63. The number of hydrogen-bond donors (Lipinski definition) is 1. The molecule has 0 aromatic heterocycles. The summed E-state index contributed by atoms with van der Waals surface area (Å²) in [6, 6.07) is 4.74. The van der Waals surface area contributed by atoms with Crippen LogP contribution in [0.4, 0.5) is 4.39 Å². The predicted octanol–water partition coefficient (Wildman–Crippen LogP) is 3.08. The SMILES string of the molecule is O=C(c1ccc(F)c(Cl)c1)N1CCCC(C2CCCN2)C1. The maximum Gasteiger partial charge on any atom is 0.253 e. The molecular weight excluding hydrogens is 291 g/mol. The molecule has 0 saturated carbocycles. The molecule has 2 unspecified atom stereocenters. The molecule has 1 aromatic rings. The van der Waals surface area contributed by atoms with E-state index in [-0.39, 0.29) is 10.9 Å². The van der Waals surface area contributed by atoms with Gasteiger partial charge in [0.1, 0.15) is 5.82 Å². The van der Waals surface area contributed by atoms with Gasteiger partial charge in [0.05, 0.1) is 5.02 Å². The lowest BCUT2D eigenvalue weighted by Crippen LogP contribution is -2.45. The van der Waals surface area contributed by atoms with Crippen LogP contribution in [0.15, 0.2) is 18.2 Å². The van der Waals surface area contributed by atoms with Crippen LogP contribution in [-0.4, -0.2) is 36.5 Å². The van der Waals surface area contributed by atoms with Gasteiger partial charge in [0, 0.05) is 24.7 Å². The molecule has 1 amide bonds. The van der Waals surface area contributed by atoms with Gasteiger partial charge in [0.25, 0.3) is 5.91 Å². The van der Waals surface area contributed by atoms with Crippen LogP contribution in [0.25, 0.3) is 0 Å². The van der Waals surface area contributed by atoms with Gasteiger partial charge in [-0.1, -0.05) is 11.6 Å². The van der Waals surface area contributed by atoms with E-state index in [9.17, 15) is 9.18 Å². The molecule has 3 nitrogen and oxygen atoms in total. The minimum Gasteiger partial charge on any atom is -0.338 e. The van der Waals surface area contributed by atoms with Crippen LogP contribution in [0.1, 0.15) is 36.0 Å². The molecule has 3 rings (SSSR count). The molecule has 0 spiro atoms. The van der Waals surface area contributed by atoms with Gasteiger partial charge in [-0.2, -0.15) is 0 Å². The number of likely N-dealkylation sites (tertiary alicyclic amines) is 1. The van der Waals surface area contributed by atoms with Gasteiger partial charge in [0.15, 0.2) is 0 Å². The highest BCUT2D eigenvalue weighted by molar-refractivity contribution is 6.31. The summed E-state index contributed by atoms with van der Waals surface area (Å²) in [6.45, 7) is 2.64. The Morgan fingerprint density at radius 2 is 2.19 bits per heavy atom. The normalized spacial score (nSPS) is 26.1. The highest BCUT2D eigenvalue weighted by Crippen LogP contribution is 2.26. The number of amides is 1. The van der Waals surface area contributed by atoms with Crippen LogP contribution in [0.2, 0.25) is 5.02 Å². The zero-order valence-corrected chi connectivity index (χ0v) is 12.7. The van der Waals surface area contributed by atoms with Crippen molar-refractivity contribution >= 4 is 17.5 Å². The monoisotopic (exact) mass is 310 g/mol. The second-order valence-electron chi connectivity index (χ2n) is 5.99. The quantitative estimate of drug-likeness (QED) is 0.910.